The molecule has 2 rings (SSSR count). The van der Waals surface area contributed by atoms with Crippen molar-refractivity contribution in [1.29, 1.82) is 0 Å². The molecule has 0 unspecified atom stereocenters. The van der Waals surface area contributed by atoms with E-state index < -0.39 is 6.04 Å². The smallest absolute Gasteiger partial charge is 0.243 e. The maximum absolute atomic E-state index is 13.2. The predicted molar refractivity (Wildman–Crippen MR) is 131 cm³/mol. The number of nitrogens with zero attached hydrogens (tertiary/aromatic N) is 1. The highest BCUT2D eigenvalue weighted by atomic mass is 35.5. The highest BCUT2D eigenvalue weighted by Gasteiger charge is 2.29. The van der Waals surface area contributed by atoms with Crippen molar-refractivity contribution >= 4 is 58.4 Å². The fraction of sp³-hybridized carbons (Fsp3) is 0.391. The molecule has 2 aromatic rings. The van der Waals surface area contributed by atoms with Crippen molar-refractivity contribution < 1.29 is 9.59 Å². The Morgan fingerprint density at radius 2 is 1.68 bits per heavy atom. The van der Waals surface area contributed by atoms with Gasteiger partial charge in [-0.3, -0.25) is 9.59 Å². The fourth-order valence-corrected chi connectivity index (χ4v) is 4.19. The zero-order valence-electron chi connectivity index (χ0n) is 17.8. The number of rotatable bonds is 10. The molecular formula is C23H27Cl3N2O2S. The second-order valence-electron chi connectivity index (χ2n) is 7.25. The minimum absolute atomic E-state index is 0.0342. The van der Waals surface area contributed by atoms with Crippen LogP contribution in [0.3, 0.4) is 0 Å². The Kier molecular flexibility index (Phi) is 10.5. The zero-order chi connectivity index (χ0) is 23.0. The quantitative estimate of drug-likeness (QED) is 0.380. The minimum atomic E-state index is -0.582. The largest absolute Gasteiger partial charge is 0.352 e. The molecule has 0 spiro atoms. The summed E-state index contributed by atoms with van der Waals surface area (Å²) in [5.74, 6) is -0.0743. The monoisotopic (exact) mass is 500 g/mol. The standard InChI is InChI=1S/C23H27Cl3N2O2S/c1-4-15(3)27-23(30)21(5-2)28(13-16-6-11-19(25)20(26)12-16)22(29)14-31-18-9-7-17(24)8-10-18/h6-12,15,21H,4-5,13-14H2,1-3H3,(H,27,30)/t15-,21+/m1/s1. The molecule has 0 aliphatic carbocycles. The first-order valence-electron chi connectivity index (χ1n) is 10.2. The minimum Gasteiger partial charge on any atom is -0.352 e. The number of carbonyl (C=O) groups is 2. The van der Waals surface area contributed by atoms with Gasteiger partial charge in [0.2, 0.25) is 11.8 Å². The second kappa shape index (κ2) is 12.6. The molecule has 0 fully saturated rings. The Balaban J connectivity index is 2.23. The average Bonchev–Trinajstić information content (AvgIpc) is 2.75. The Bertz CT molecular complexity index is 893. The summed E-state index contributed by atoms with van der Waals surface area (Å²) in [6, 6.07) is 12.0. The van der Waals surface area contributed by atoms with Gasteiger partial charge in [-0.05, 0) is 61.7 Å². The Morgan fingerprint density at radius 1 is 1.00 bits per heavy atom. The summed E-state index contributed by atoms with van der Waals surface area (Å²) in [5, 5.41) is 4.51. The first-order chi connectivity index (χ1) is 14.7. The molecule has 0 bridgehead atoms. The number of hydrogen-bond donors (Lipinski definition) is 1. The molecule has 2 amide bonds. The molecule has 1 N–H and O–H groups in total. The van der Waals surface area contributed by atoms with Crippen LogP contribution in [0.15, 0.2) is 47.4 Å². The molecule has 2 atom stereocenters. The van der Waals surface area contributed by atoms with Crippen LogP contribution in [0.2, 0.25) is 15.1 Å². The summed E-state index contributed by atoms with van der Waals surface area (Å²) < 4.78 is 0. The van der Waals surface area contributed by atoms with Crippen LogP contribution < -0.4 is 5.32 Å². The number of nitrogens with one attached hydrogen (secondary N) is 1. The maximum Gasteiger partial charge on any atom is 0.243 e. The molecule has 0 saturated carbocycles. The maximum atomic E-state index is 13.2. The number of hydrogen-bond acceptors (Lipinski definition) is 3. The van der Waals surface area contributed by atoms with Crippen LogP contribution in [0.25, 0.3) is 0 Å². The number of carbonyl (C=O) groups excluding carboxylic acids is 2. The molecule has 0 saturated heterocycles. The Morgan fingerprint density at radius 3 is 2.26 bits per heavy atom. The van der Waals surface area contributed by atoms with Gasteiger partial charge >= 0.3 is 0 Å². The van der Waals surface area contributed by atoms with Gasteiger partial charge < -0.3 is 10.2 Å². The summed E-state index contributed by atoms with van der Waals surface area (Å²) in [5.41, 5.74) is 0.814. The normalized spacial score (nSPS) is 12.8. The molecule has 168 valence electrons. The van der Waals surface area contributed by atoms with Gasteiger partial charge in [0.25, 0.3) is 0 Å². The average molecular weight is 502 g/mol. The van der Waals surface area contributed by atoms with Crippen LogP contribution >= 0.6 is 46.6 Å². The van der Waals surface area contributed by atoms with Crippen molar-refractivity contribution in [1.82, 2.24) is 10.2 Å². The van der Waals surface area contributed by atoms with E-state index in [-0.39, 0.29) is 30.2 Å². The number of benzene rings is 2. The Hall–Kier alpha value is -1.40. The molecule has 0 aromatic heterocycles. The van der Waals surface area contributed by atoms with E-state index >= 15 is 0 Å². The molecule has 4 nitrogen and oxygen atoms in total. The van der Waals surface area contributed by atoms with Crippen molar-refractivity contribution in [2.45, 2.75) is 57.1 Å². The SMILES string of the molecule is CC[C@@H](C)NC(=O)[C@H](CC)N(Cc1ccc(Cl)c(Cl)c1)C(=O)CSc1ccc(Cl)cc1. The van der Waals surface area contributed by atoms with Crippen molar-refractivity contribution in [2.75, 3.05) is 5.75 Å². The third kappa shape index (κ3) is 7.90. The Labute approximate surface area is 203 Å². The highest BCUT2D eigenvalue weighted by Crippen LogP contribution is 2.25. The summed E-state index contributed by atoms with van der Waals surface area (Å²) in [7, 11) is 0. The summed E-state index contributed by atoms with van der Waals surface area (Å²) in [4.78, 5) is 28.7. The molecule has 8 heteroatoms. The van der Waals surface area contributed by atoms with E-state index in [0.29, 0.717) is 21.5 Å². The van der Waals surface area contributed by atoms with Crippen LogP contribution in [0.5, 0.6) is 0 Å². The van der Waals surface area contributed by atoms with Crippen LogP contribution in [-0.4, -0.2) is 34.6 Å². The lowest BCUT2D eigenvalue weighted by molar-refractivity contribution is -0.139. The topological polar surface area (TPSA) is 49.4 Å². The summed E-state index contributed by atoms with van der Waals surface area (Å²) in [6.45, 7) is 6.13. The van der Waals surface area contributed by atoms with Gasteiger partial charge in [0.15, 0.2) is 0 Å². The van der Waals surface area contributed by atoms with Gasteiger partial charge in [-0.25, -0.2) is 0 Å². The summed E-state index contributed by atoms with van der Waals surface area (Å²) in [6.07, 6.45) is 1.32. The molecule has 2 aromatic carbocycles. The van der Waals surface area contributed by atoms with Gasteiger partial charge in [-0.2, -0.15) is 0 Å². The van der Waals surface area contributed by atoms with Crippen molar-refractivity contribution in [3.63, 3.8) is 0 Å². The molecule has 31 heavy (non-hydrogen) atoms. The van der Waals surface area contributed by atoms with Gasteiger partial charge in [0.1, 0.15) is 6.04 Å². The molecule has 0 radical (unpaired) electrons. The van der Waals surface area contributed by atoms with Crippen molar-refractivity contribution in [2.24, 2.45) is 0 Å². The number of halogens is 3. The zero-order valence-corrected chi connectivity index (χ0v) is 20.9. The third-order valence-electron chi connectivity index (χ3n) is 4.90. The van der Waals surface area contributed by atoms with Crippen LogP contribution in [0.1, 0.15) is 39.2 Å². The van der Waals surface area contributed by atoms with Gasteiger partial charge in [0.05, 0.1) is 15.8 Å². The van der Waals surface area contributed by atoms with Gasteiger partial charge in [-0.15, -0.1) is 11.8 Å². The lowest BCUT2D eigenvalue weighted by Gasteiger charge is -2.31. The van der Waals surface area contributed by atoms with Crippen LogP contribution in [0.4, 0.5) is 0 Å². The summed E-state index contributed by atoms with van der Waals surface area (Å²) >= 11 is 19.5. The van der Waals surface area contributed by atoms with E-state index in [0.717, 1.165) is 16.9 Å². The molecule has 0 heterocycles. The lowest BCUT2D eigenvalue weighted by Crippen LogP contribution is -2.51. The third-order valence-corrected chi connectivity index (χ3v) is 6.89. The van der Waals surface area contributed by atoms with E-state index in [2.05, 4.69) is 5.32 Å². The van der Waals surface area contributed by atoms with Crippen LogP contribution in [0, 0.1) is 0 Å². The van der Waals surface area contributed by atoms with E-state index in [1.165, 1.54) is 11.8 Å². The van der Waals surface area contributed by atoms with E-state index in [4.69, 9.17) is 34.8 Å². The van der Waals surface area contributed by atoms with Gasteiger partial charge in [0, 0.05) is 22.5 Å². The van der Waals surface area contributed by atoms with E-state index in [1.807, 2.05) is 39.0 Å². The van der Waals surface area contributed by atoms with Crippen LogP contribution in [-0.2, 0) is 16.1 Å². The first-order valence-corrected chi connectivity index (χ1v) is 12.3. The second-order valence-corrected chi connectivity index (χ2v) is 9.55. The lowest BCUT2D eigenvalue weighted by atomic mass is 10.1. The molecular weight excluding hydrogens is 475 g/mol. The van der Waals surface area contributed by atoms with Crippen molar-refractivity contribution in [3.05, 3.63) is 63.1 Å². The predicted octanol–water partition coefficient (Wildman–Crippen LogP) is 6.46. The fourth-order valence-electron chi connectivity index (χ4n) is 2.95. The van der Waals surface area contributed by atoms with Crippen molar-refractivity contribution in [3.8, 4) is 0 Å². The molecule has 0 aliphatic rings. The number of thioether (sulfide) groups is 1. The van der Waals surface area contributed by atoms with E-state index in [1.54, 1.807) is 29.2 Å². The number of amides is 2. The first kappa shape index (κ1) is 25.9. The molecule has 0 aliphatic heterocycles. The van der Waals surface area contributed by atoms with E-state index in [9.17, 15) is 9.59 Å². The van der Waals surface area contributed by atoms with Gasteiger partial charge in [-0.1, -0.05) is 54.7 Å². The highest BCUT2D eigenvalue weighted by molar-refractivity contribution is 8.00.